The van der Waals surface area contributed by atoms with E-state index in [0.29, 0.717) is 28.0 Å². The number of likely N-dealkylation sites (N-methyl/N-ethyl adjacent to an activating group) is 1. The van der Waals surface area contributed by atoms with Gasteiger partial charge in [0.1, 0.15) is 5.75 Å². The number of ether oxygens (including phenoxy) is 1. The summed E-state index contributed by atoms with van der Waals surface area (Å²) in [5, 5.41) is 3.87. The fourth-order valence-electron chi connectivity index (χ4n) is 2.16. The molecule has 2 rings (SSSR count). The zero-order valence-corrected chi connectivity index (χ0v) is 14.5. The van der Waals surface area contributed by atoms with Gasteiger partial charge in [0.25, 0.3) is 0 Å². The third-order valence-corrected chi connectivity index (χ3v) is 4.10. The highest BCUT2D eigenvalue weighted by molar-refractivity contribution is 6.42. The Morgan fingerprint density at radius 2 is 1.96 bits per heavy atom. The van der Waals surface area contributed by atoms with Crippen LogP contribution in [0.1, 0.15) is 5.56 Å². The maximum Gasteiger partial charge on any atom is 0.238 e. The molecule has 0 aliphatic rings. The monoisotopic (exact) mass is 352 g/mol. The first-order valence-electron chi connectivity index (χ1n) is 7.05. The van der Waals surface area contributed by atoms with E-state index in [1.807, 2.05) is 42.3 Å². The first-order chi connectivity index (χ1) is 11.0. The summed E-state index contributed by atoms with van der Waals surface area (Å²) in [6, 6.07) is 12.7. The average Bonchev–Trinajstić information content (AvgIpc) is 2.51. The predicted octanol–water partition coefficient (Wildman–Crippen LogP) is 4.07. The quantitative estimate of drug-likeness (QED) is 0.851. The first-order valence-corrected chi connectivity index (χ1v) is 7.80. The second kappa shape index (κ2) is 8.20. The molecule has 0 aromatic heterocycles. The lowest BCUT2D eigenvalue weighted by atomic mass is 10.2. The minimum Gasteiger partial charge on any atom is -0.497 e. The van der Waals surface area contributed by atoms with Crippen LogP contribution in [0.2, 0.25) is 10.0 Å². The normalized spacial score (nSPS) is 10.7. The first kappa shape index (κ1) is 17.6. The predicted molar refractivity (Wildman–Crippen MR) is 94.4 cm³/mol. The van der Waals surface area contributed by atoms with Gasteiger partial charge in [0.15, 0.2) is 0 Å². The van der Waals surface area contributed by atoms with Gasteiger partial charge in [0.05, 0.1) is 23.7 Å². The third-order valence-electron chi connectivity index (χ3n) is 3.24. The van der Waals surface area contributed by atoms with Gasteiger partial charge in [-0.25, -0.2) is 0 Å². The summed E-state index contributed by atoms with van der Waals surface area (Å²) < 4.78 is 5.13. The minimum atomic E-state index is -0.112. The molecule has 1 amide bonds. The molecule has 0 aliphatic heterocycles. The largest absolute Gasteiger partial charge is 0.497 e. The van der Waals surface area contributed by atoms with E-state index in [0.717, 1.165) is 5.56 Å². The van der Waals surface area contributed by atoms with Gasteiger partial charge in [-0.2, -0.15) is 0 Å². The molecule has 6 heteroatoms. The number of methoxy groups -OCH3 is 1. The SMILES string of the molecule is COc1cccc(NC(=O)CN(C)Cc2cccc(Cl)c2Cl)c1. The lowest BCUT2D eigenvalue weighted by Gasteiger charge is -2.17. The van der Waals surface area contributed by atoms with E-state index < -0.39 is 0 Å². The molecular weight excluding hydrogens is 335 g/mol. The highest BCUT2D eigenvalue weighted by atomic mass is 35.5. The summed E-state index contributed by atoms with van der Waals surface area (Å²) >= 11 is 12.2. The van der Waals surface area contributed by atoms with Crippen molar-refractivity contribution in [3.05, 3.63) is 58.1 Å². The Kier molecular flexibility index (Phi) is 6.28. The van der Waals surface area contributed by atoms with E-state index in [1.165, 1.54) is 0 Å². The number of benzene rings is 2. The van der Waals surface area contributed by atoms with Crippen molar-refractivity contribution >= 4 is 34.8 Å². The van der Waals surface area contributed by atoms with E-state index in [9.17, 15) is 4.79 Å². The summed E-state index contributed by atoms with van der Waals surface area (Å²) in [6.07, 6.45) is 0. The Bertz CT molecular complexity index is 692. The Balaban J connectivity index is 1.93. The molecule has 0 aliphatic carbocycles. The molecule has 0 atom stereocenters. The zero-order chi connectivity index (χ0) is 16.8. The van der Waals surface area contributed by atoms with Crippen LogP contribution in [0.5, 0.6) is 5.75 Å². The van der Waals surface area contributed by atoms with Crippen LogP contribution in [0.3, 0.4) is 0 Å². The summed E-state index contributed by atoms with van der Waals surface area (Å²) in [5.41, 5.74) is 1.58. The number of amides is 1. The fraction of sp³-hybridized carbons (Fsp3) is 0.235. The van der Waals surface area contributed by atoms with Crippen molar-refractivity contribution in [2.24, 2.45) is 0 Å². The van der Waals surface area contributed by atoms with E-state index in [4.69, 9.17) is 27.9 Å². The molecule has 1 N–H and O–H groups in total. The Morgan fingerprint density at radius 1 is 1.22 bits per heavy atom. The van der Waals surface area contributed by atoms with Gasteiger partial charge in [-0.3, -0.25) is 9.69 Å². The topological polar surface area (TPSA) is 41.6 Å². The molecule has 0 saturated heterocycles. The van der Waals surface area contributed by atoms with Crippen molar-refractivity contribution in [2.75, 3.05) is 26.0 Å². The van der Waals surface area contributed by atoms with Crippen LogP contribution in [-0.2, 0) is 11.3 Å². The molecule has 0 unspecified atom stereocenters. The standard InChI is InChI=1S/C17H18Cl2N2O2/c1-21(10-12-5-3-8-15(18)17(12)19)11-16(22)20-13-6-4-7-14(9-13)23-2/h3-9H,10-11H2,1-2H3,(H,20,22). The number of rotatable bonds is 6. The molecule has 122 valence electrons. The lowest BCUT2D eigenvalue weighted by Crippen LogP contribution is -2.29. The number of carbonyl (C=O) groups is 1. The smallest absolute Gasteiger partial charge is 0.238 e. The van der Waals surface area contributed by atoms with Crippen LogP contribution in [-0.4, -0.2) is 31.5 Å². The summed E-state index contributed by atoms with van der Waals surface area (Å²) in [7, 11) is 3.44. The number of halogens is 2. The van der Waals surface area contributed by atoms with Gasteiger partial charge >= 0.3 is 0 Å². The number of hydrogen-bond acceptors (Lipinski definition) is 3. The van der Waals surface area contributed by atoms with Gasteiger partial charge in [0, 0.05) is 18.3 Å². The van der Waals surface area contributed by atoms with Crippen LogP contribution in [0.4, 0.5) is 5.69 Å². The molecule has 0 saturated carbocycles. The van der Waals surface area contributed by atoms with Crippen molar-refractivity contribution in [1.82, 2.24) is 4.90 Å². The van der Waals surface area contributed by atoms with Crippen molar-refractivity contribution in [2.45, 2.75) is 6.54 Å². The van der Waals surface area contributed by atoms with Gasteiger partial charge in [0.2, 0.25) is 5.91 Å². The van der Waals surface area contributed by atoms with Gasteiger partial charge < -0.3 is 10.1 Å². The van der Waals surface area contributed by atoms with E-state index >= 15 is 0 Å². The lowest BCUT2D eigenvalue weighted by molar-refractivity contribution is -0.117. The second-order valence-corrected chi connectivity index (χ2v) is 5.95. The Labute approximate surface area is 146 Å². The molecular formula is C17H18Cl2N2O2. The molecule has 4 nitrogen and oxygen atoms in total. The highest BCUT2D eigenvalue weighted by Gasteiger charge is 2.11. The molecule has 0 spiro atoms. The van der Waals surface area contributed by atoms with E-state index in [1.54, 1.807) is 19.2 Å². The van der Waals surface area contributed by atoms with Crippen molar-refractivity contribution in [3.8, 4) is 5.75 Å². The van der Waals surface area contributed by atoms with Crippen LogP contribution >= 0.6 is 23.2 Å². The molecule has 23 heavy (non-hydrogen) atoms. The molecule has 2 aromatic rings. The molecule has 0 bridgehead atoms. The Morgan fingerprint density at radius 3 is 2.70 bits per heavy atom. The van der Waals surface area contributed by atoms with Crippen molar-refractivity contribution in [3.63, 3.8) is 0 Å². The fourth-order valence-corrected chi connectivity index (χ4v) is 2.54. The number of anilines is 1. The van der Waals surface area contributed by atoms with Crippen LogP contribution < -0.4 is 10.1 Å². The van der Waals surface area contributed by atoms with Gasteiger partial charge in [-0.1, -0.05) is 41.4 Å². The van der Waals surface area contributed by atoms with Gasteiger partial charge in [-0.15, -0.1) is 0 Å². The number of hydrogen-bond donors (Lipinski definition) is 1. The highest BCUT2D eigenvalue weighted by Crippen LogP contribution is 2.26. The third kappa shape index (κ3) is 5.13. The number of nitrogens with zero attached hydrogens (tertiary/aromatic N) is 1. The zero-order valence-electron chi connectivity index (χ0n) is 13.0. The van der Waals surface area contributed by atoms with E-state index in [2.05, 4.69) is 5.32 Å². The molecule has 0 heterocycles. The molecule has 0 fully saturated rings. The van der Waals surface area contributed by atoms with Crippen LogP contribution in [0, 0.1) is 0 Å². The average molecular weight is 353 g/mol. The van der Waals surface area contributed by atoms with Crippen molar-refractivity contribution < 1.29 is 9.53 Å². The summed E-state index contributed by atoms with van der Waals surface area (Å²) in [4.78, 5) is 14.0. The number of carbonyl (C=O) groups excluding carboxylic acids is 1. The minimum absolute atomic E-state index is 0.112. The summed E-state index contributed by atoms with van der Waals surface area (Å²) in [5.74, 6) is 0.584. The van der Waals surface area contributed by atoms with E-state index in [-0.39, 0.29) is 12.5 Å². The van der Waals surface area contributed by atoms with Crippen molar-refractivity contribution in [1.29, 1.82) is 0 Å². The van der Waals surface area contributed by atoms with Gasteiger partial charge in [-0.05, 0) is 30.8 Å². The molecule has 0 radical (unpaired) electrons. The maximum absolute atomic E-state index is 12.1. The molecule has 2 aromatic carbocycles. The summed E-state index contributed by atoms with van der Waals surface area (Å²) in [6.45, 7) is 0.769. The maximum atomic E-state index is 12.1. The number of nitrogens with one attached hydrogen (secondary N) is 1. The van der Waals surface area contributed by atoms with Crippen LogP contribution in [0.25, 0.3) is 0 Å². The Hall–Kier alpha value is -1.75. The van der Waals surface area contributed by atoms with Crippen LogP contribution in [0.15, 0.2) is 42.5 Å². The second-order valence-electron chi connectivity index (χ2n) is 5.17.